The van der Waals surface area contributed by atoms with Crippen LogP contribution in [0.2, 0.25) is 0 Å². The molecule has 1 fully saturated rings. The molecule has 1 N–H and O–H groups in total. The Labute approximate surface area is 153 Å². The number of nitrogens with zero attached hydrogens (tertiary/aromatic N) is 2. The van der Waals surface area contributed by atoms with Crippen molar-refractivity contribution in [2.24, 2.45) is 11.8 Å². The van der Waals surface area contributed by atoms with E-state index >= 15 is 0 Å². The van der Waals surface area contributed by atoms with Gasteiger partial charge in [-0.1, -0.05) is 26.3 Å². The number of fused-ring (bicyclic) bond motifs is 4. The topological polar surface area (TPSA) is 80.6 Å². The van der Waals surface area contributed by atoms with E-state index in [1.165, 1.54) is 7.11 Å². The molecule has 1 aromatic heterocycles. The van der Waals surface area contributed by atoms with Gasteiger partial charge in [0.2, 0.25) is 0 Å². The highest BCUT2D eigenvalue weighted by molar-refractivity contribution is 5.84. The molecule has 0 saturated carbocycles. The van der Waals surface area contributed by atoms with Crippen LogP contribution in [0.15, 0.2) is 23.0 Å². The Hall–Kier alpha value is -2.31. The lowest BCUT2D eigenvalue weighted by atomic mass is 9.83. The van der Waals surface area contributed by atoms with E-state index in [0.29, 0.717) is 19.6 Å². The zero-order chi connectivity index (χ0) is 18.8. The molecule has 0 spiro atoms. The molecule has 2 bridgehead atoms. The SMILES string of the molecule is CC[C@@H](C)[C@H](NC(=O)N1C[C@H]2C[C@@H](C1)c1cccc(=O)n1C2)C(=O)OC. The number of hydrogen-bond acceptors (Lipinski definition) is 4. The summed E-state index contributed by atoms with van der Waals surface area (Å²) in [6.07, 6.45) is 1.75. The summed E-state index contributed by atoms with van der Waals surface area (Å²) in [5.74, 6) is -0.00797. The Morgan fingerprint density at radius 1 is 1.31 bits per heavy atom. The number of aromatic nitrogens is 1. The maximum atomic E-state index is 12.8. The average molecular weight is 361 g/mol. The van der Waals surface area contributed by atoms with Crippen molar-refractivity contribution in [3.05, 3.63) is 34.2 Å². The van der Waals surface area contributed by atoms with Gasteiger partial charge < -0.3 is 19.5 Å². The number of hydrogen-bond donors (Lipinski definition) is 1. The third-order valence-electron chi connectivity index (χ3n) is 5.71. The number of rotatable bonds is 4. The van der Waals surface area contributed by atoms with Gasteiger partial charge in [0.1, 0.15) is 6.04 Å². The molecule has 7 heteroatoms. The summed E-state index contributed by atoms with van der Waals surface area (Å²) >= 11 is 0. The Balaban J connectivity index is 1.74. The second-order valence-corrected chi connectivity index (χ2v) is 7.44. The lowest BCUT2D eigenvalue weighted by Gasteiger charge is -2.43. The predicted octanol–water partition coefficient (Wildman–Crippen LogP) is 1.56. The molecule has 26 heavy (non-hydrogen) atoms. The number of urea groups is 1. The van der Waals surface area contributed by atoms with Crippen molar-refractivity contribution in [2.75, 3.05) is 20.2 Å². The standard InChI is InChI=1S/C19H27N3O4/c1-4-12(2)17(18(24)26-3)20-19(25)21-9-13-8-14(11-21)15-6-5-7-16(23)22(15)10-13/h5-7,12-14,17H,4,8-11H2,1-3H3,(H,20,25)/t12-,13-,14+,17+/m1/s1. The van der Waals surface area contributed by atoms with E-state index < -0.39 is 12.0 Å². The van der Waals surface area contributed by atoms with Gasteiger partial charge >= 0.3 is 12.0 Å². The summed E-state index contributed by atoms with van der Waals surface area (Å²) in [7, 11) is 1.34. The monoisotopic (exact) mass is 361 g/mol. The fourth-order valence-electron chi connectivity index (χ4n) is 4.08. The van der Waals surface area contributed by atoms with E-state index in [2.05, 4.69) is 5.32 Å². The van der Waals surface area contributed by atoms with Crippen LogP contribution in [0, 0.1) is 11.8 Å². The van der Waals surface area contributed by atoms with Crippen LogP contribution in [-0.4, -0.2) is 47.7 Å². The van der Waals surface area contributed by atoms with Crippen molar-refractivity contribution in [1.29, 1.82) is 0 Å². The summed E-state index contributed by atoms with van der Waals surface area (Å²) in [5, 5.41) is 2.86. The zero-order valence-electron chi connectivity index (χ0n) is 15.6. The molecular formula is C19H27N3O4. The molecule has 2 amide bonds. The minimum Gasteiger partial charge on any atom is -0.467 e. The smallest absolute Gasteiger partial charge is 0.328 e. The normalized spacial score (nSPS) is 23.6. The molecule has 4 atom stereocenters. The Morgan fingerprint density at radius 3 is 2.77 bits per heavy atom. The quantitative estimate of drug-likeness (QED) is 0.826. The van der Waals surface area contributed by atoms with Gasteiger partial charge in [0, 0.05) is 37.3 Å². The maximum absolute atomic E-state index is 12.8. The van der Waals surface area contributed by atoms with Crippen LogP contribution in [0.4, 0.5) is 4.79 Å². The number of amides is 2. The summed E-state index contributed by atoms with van der Waals surface area (Å²) in [5.41, 5.74) is 1.02. The molecular weight excluding hydrogens is 334 g/mol. The van der Waals surface area contributed by atoms with Gasteiger partial charge in [-0.2, -0.15) is 0 Å². The largest absolute Gasteiger partial charge is 0.467 e. The summed E-state index contributed by atoms with van der Waals surface area (Å²) in [4.78, 5) is 38.7. The second kappa shape index (κ2) is 7.51. The maximum Gasteiger partial charge on any atom is 0.328 e. The van der Waals surface area contributed by atoms with Gasteiger partial charge in [0.15, 0.2) is 0 Å². The number of methoxy groups -OCH3 is 1. The minimum absolute atomic E-state index is 0.00464. The fourth-order valence-corrected chi connectivity index (χ4v) is 4.08. The van der Waals surface area contributed by atoms with E-state index in [4.69, 9.17) is 4.74 Å². The number of piperidine rings is 1. The van der Waals surface area contributed by atoms with Crippen molar-refractivity contribution < 1.29 is 14.3 Å². The van der Waals surface area contributed by atoms with Crippen LogP contribution in [0.1, 0.15) is 38.3 Å². The summed E-state index contributed by atoms with van der Waals surface area (Å²) < 4.78 is 6.69. The zero-order valence-corrected chi connectivity index (χ0v) is 15.6. The highest BCUT2D eigenvalue weighted by Crippen LogP contribution is 2.34. The first-order valence-electron chi connectivity index (χ1n) is 9.27. The van der Waals surface area contributed by atoms with Gasteiger partial charge in [-0.3, -0.25) is 4.79 Å². The van der Waals surface area contributed by atoms with Crippen molar-refractivity contribution in [1.82, 2.24) is 14.8 Å². The molecule has 0 aromatic carbocycles. The lowest BCUT2D eigenvalue weighted by molar-refractivity contribution is -0.144. The third kappa shape index (κ3) is 3.48. The van der Waals surface area contributed by atoms with Gasteiger partial charge in [-0.15, -0.1) is 0 Å². The second-order valence-electron chi connectivity index (χ2n) is 7.44. The van der Waals surface area contributed by atoms with Crippen LogP contribution in [0.3, 0.4) is 0 Å². The van der Waals surface area contributed by atoms with E-state index in [-0.39, 0.29) is 29.3 Å². The number of pyridine rings is 1. The van der Waals surface area contributed by atoms with Gasteiger partial charge in [-0.05, 0) is 24.3 Å². The summed E-state index contributed by atoms with van der Waals surface area (Å²) in [6, 6.07) is 4.46. The third-order valence-corrected chi connectivity index (χ3v) is 5.71. The fraction of sp³-hybridized carbons (Fsp3) is 0.632. The molecule has 2 aliphatic rings. The highest BCUT2D eigenvalue weighted by atomic mass is 16.5. The molecule has 0 unspecified atom stereocenters. The molecule has 1 aromatic rings. The van der Waals surface area contributed by atoms with Crippen LogP contribution in [-0.2, 0) is 16.1 Å². The van der Waals surface area contributed by atoms with Gasteiger partial charge in [-0.25, -0.2) is 9.59 Å². The first-order chi connectivity index (χ1) is 12.4. The van der Waals surface area contributed by atoms with Crippen molar-refractivity contribution in [3.8, 4) is 0 Å². The summed E-state index contributed by atoms with van der Waals surface area (Å²) in [6.45, 7) is 5.70. The Bertz CT molecular complexity index is 745. The van der Waals surface area contributed by atoms with Crippen molar-refractivity contribution in [3.63, 3.8) is 0 Å². The molecule has 0 radical (unpaired) electrons. The molecule has 7 nitrogen and oxygen atoms in total. The number of nitrogens with one attached hydrogen (secondary N) is 1. The molecule has 0 aliphatic carbocycles. The number of carbonyl (C=O) groups is 2. The van der Waals surface area contributed by atoms with Crippen LogP contribution in [0.25, 0.3) is 0 Å². The molecule has 142 valence electrons. The molecule has 1 saturated heterocycles. The van der Waals surface area contributed by atoms with E-state index in [1.807, 2.05) is 24.5 Å². The number of likely N-dealkylation sites (tertiary alicyclic amines) is 1. The predicted molar refractivity (Wildman–Crippen MR) is 96.9 cm³/mol. The number of ether oxygens (including phenoxy) is 1. The Kier molecular flexibility index (Phi) is 5.34. The molecule has 3 heterocycles. The van der Waals surface area contributed by atoms with E-state index in [1.54, 1.807) is 17.0 Å². The Morgan fingerprint density at radius 2 is 2.08 bits per heavy atom. The van der Waals surface area contributed by atoms with E-state index in [0.717, 1.165) is 18.5 Å². The van der Waals surface area contributed by atoms with Crippen molar-refractivity contribution >= 4 is 12.0 Å². The van der Waals surface area contributed by atoms with Crippen LogP contribution in [0.5, 0.6) is 0 Å². The minimum atomic E-state index is -0.644. The van der Waals surface area contributed by atoms with Crippen LogP contribution >= 0.6 is 0 Å². The number of esters is 1. The van der Waals surface area contributed by atoms with Gasteiger partial charge in [0.05, 0.1) is 7.11 Å². The van der Waals surface area contributed by atoms with Crippen molar-refractivity contribution in [2.45, 2.75) is 45.2 Å². The van der Waals surface area contributed by atoms with Gasteiger partial charge in [0.25, 0.3) is 5.56 Å². The first-order valence-corrected chi connectivity index (χ1v) is 9.27. The lowest BCUT2D eigenvalue weighted by Crippen LogP contribution is -2.55. The van der Waals surface area contributed by atoms with E-state index in [9.17, 15) is 14.4 Å². The first kappa shape index (κ1) is 18.5. The average Bonchev–Trinajstić information content (AvgIpc) is 2.65. The molecule has 2 aliphatic heterocycles. The molecule has 3 rings (SSSR count). The van der Waals surface area contributed by atoms with Crippen LogP contribution < -0.4 is 10.9 Å². The highest BCUT2D eigenvalue weighted by Gasteiger charge is 2.37. The number of carbonyl (C=O) groups excluding carboxylic acids is 2.